The second-order valence-corrected chi connectivity index (χ2v) is 4.98. The highest BCUT2D eigenvalue weighted by Crippen LogP contribution is 2.08. The first-order valence-electron chi connectivity index (χ1n) is 6.64. The minimum absolute atomic E-state index is 0.0553. The highest BCUT2D eigenvalue weighted by Gasteiger charge is 2.24. The van der Waals surface area contributed by atoms with Gasteiger partial charge in [0.15, 0.2) is 0 Å². The van der Waals surface area contributed by atoms with Crippen LogP contribution in [0.15, 0.2) is 0 Å². The molecule has 0 unspecified atom stereocenters. The van der Waals surface area contributed by atoms with Crippen LogP contribution in [0.25, 0.3) is 0 Å². The van der Waals surface area contributed by atoms with Gasteiger partial charge >= 0.3 is 5.97 Å². The van der Waals surface area contributed by atoms with Crippen molar-refractivity contribution in [2.24, 2.45) is 5.92 Å². The van der Waals surface area contributed by atoms with Crippen LogP contribution in [0.5, 0.6) is 0 Å². The van der Waals surface area contributed by atoms with Crippen molar-refractivity contribution >= 4 is 11.9 Å². The van der Waals surface area contributed by atoms with Gasteiger partial charge in [0, 0.05) is 12.5 Å². The first-order valence-corrected chi connectivity index (χ1v) is 6.64. The quantitative estimate of drug-likeness (QED) is 0.546. The predicted molar refractivity (Wildman–Crippen MR) is 71.4 cm³/mol. The first-order chi connectivity index (χ1) is 8.38. The summed E-state index contributed by atoms with van der Waals surface area (Å²) in [6, 6.07) is -0.375. The normalized spacial score (nSPS) is 14.3. The maximum absolute atomic E-state index is 11.6. The fourth-order valence-corrected chi connectivity index (χ4v) is 1.57. The third-order valence-corrected chi connectivity index (χ3v) is 2.93. The minimum Gasteiger partial charge on any atom is -0.480 e. The van der Waals surface area contributed by atoms with Crippen LogP contribution in [0.4, 0.5) is 0 Å². The van der Waals surface area contributed by atoms with Gasteiger partial charge in [0.2, 0.25) is 5.91 Å². The van der Waals surface area contributed by atoms with E-state index in [-0.39, 0.29) is 11.8 Å². The summed E-state index contributed by atoms with van der Waals surface area (Å²) in [4.78, 5) is 22.6. The second kappa shape index (κ2) is 8.91. The van der Waals surface area contributed by atoms with Gasteiger partial charge in [0.25, 0.3) is 0 Å². The van der Waals surface area contributed by atoms with Gasteiger partial charge in [-0.25, -0.2) is 4.79 Å². The zero-order chi connectivity index (χ0) is 14.1. The summed E-state index contributed by atoms with van der Waals surface area (Å²) < 4.78 is 0. The summed E-state index contributed by atoms with van der Waals surface area (Å²) in [5.41, 5.74) is 0. The van der Waals surface area contributed by atoms with Crippen molar-refractivity contribution in [2.75, 3.05) is 6.54 Å². The molecule has 0 aliphatic rings. The zero-order valence-electron chi connectivity index (χ0n) is 11.8. The van der Waals surface area contributed by atoms with Gasteiger partial charge < -0.3 is 15.7 Å². The SMILES string of the molecule is CC[C@H](C)[C@H](NC(=O)CCCNC(C)C)C(=O)O. The van der Waals surface area contributed by atoms with Crippen molar-refractivity contribution in [3.8, 4) is 0 Å². The average Bonchev–Trinajstić information content (AvgIpc) is 2.30. The average molecular weight is 258 g/mol. The van der Waals surface area contributed by atoms with E-state index in [0.717, 1.165) is 19.4 Å². The molecule has 2 atom stereocenters. The number of carboxylic acid groups (broad SMARTS) is 1. The smallest absolute Gasteiger partial charge is 0.326 e. The van der Waals surface area contributed by atoms with E-state index in [0.29, 0.717) is 12.5 Å². The molecule has 0 radical (unpaired) electrons. The Morgan fingerprint density at radius 3 is 2.28 bits per heavy atom. The van der Waals surface area contributed by atoms with Crippen LogP contribution in [0.1, 0.15) is 47.0 Å². The molecule has 0 aliphatic carbocycles. The highest BCUT2D eigenvalue weighted by atomic mass is 16.4. The number of nitrogens with one attached hydrogen (secondary N) is 2. The van der Waals surface area contributed by atoms with Crippen molar-refractivity contribution in [3.63, 3.8) is 0 Å². The van der Waals surface area contributed by atoms with E-state index < -0.39 is 12.0 Å². The Hall–Kier alpha value is -1.10. The topological polar surface area (TPSA) is 78.4 Å². The maximum atomic E-state index is 11.6. The fourth-order valence-electron chi connectivity index (χ4n) is 1.57. The summed E-state index contributed by atoms with van der Waals surface area (Å²) in [5.74, 6) is -1.20. The molecule has 1 amide bonds. The lowest BCUT2D eigenvalue weighted by molar-refractivity contribution is -0.143. The van der Waals surface area contributed by atoms with Crippen LogP contribution < -0.4 is 10.6 Å². The Morgan fingerprint density at radius 2 is 1.83 bits per heavy atom. The molecular formula is C13H26N2O3. The van der Waals surface area contributed by atoms with Crippen molar-refractivity contribution in [3.05, 3.63) is 0 Å². The number of hydrogen-bond donors (Lipinski definition) is 3. The van der Waals surface area contributed by atoms with E-state index in [1.165, 1.54) is 0 Å². The fraction of sp³-hybridized carbons (Fsp3) is 0.846. The molecule has 5 nitrogen and oxygen atoms in total. The Kier molecular flexibility index (Phi) is 8.37. The van der Waals surface area contributed by atoms with Crippen molar-refractivity contribution < 1.29 is 14.7 Å². The van der Waals surface area contributed by atoms with Crippen molar-refractivity contribution in [2.45, 2.75) is 59.0 Å². The molecule has 0 saturated heterocycles. The van der Waals surface area contributed by atoms with Gasteiger partial charge in [-0.3, -0.25) is 4.79 Å². The molecule has 0 rings (SSSR count). The van der Waals surface area contributed by atoms with Gasteiger partial charge in [-0.1, -0.05) is 34.1 Å². The highest BCUT2D eigenvalue weighted by molar-refractivity contribution is 5.83. The number of aliphatic carboxylic acids is 1. The molecule has 0 aromatic carbocycles. The molecule has 0 saturated carbocycles. The molecule has 0 heterocycles. The number of amides is 1. The van der Waals surface area contributed by atoms with E-state index in [1.807, 2.05) is 27.7 Å². The van der Waals surface area contributed by atoms with Gasteiger partial charge in [-0.05, 0) is 18.9 Å². The van der Waals surface area contributed by atoms with E-state index in [2.05, 4.69) is 10.6 Å². The lowest BCUT2D eigenvalue weighted by Crippen LogP contribution is -2.45. The van der Waals surface area contributed by atoms with Gasteiger partial charge in [0.05, 0.1) is 0 Å². The second-order valence-electron chi connectivity index (χ2n) is 4.98. The molecule has 106 valence electrons. The van der Waals surface area contributed by atoms with Crippen LogP contribution in [-0.2, 0) is 9.59 Å². The van der Waals surface area contributed by atoms with Crippen LogP contribution >= 0.6 is 0 Å². The standard InChI is InChI=1S/C13H26N2O3/c1-5-10(4)12(13(17)18)15-11(16)7-6-8-14-9(2)3/h9-10,12,14H,5-8H2,1-4H3,(H,15,16)(H,17,18)/t10-,12-/m0/s1. The minimum atomic E-state index is -0.960. The summed E-state index contributed by atoms with van der Waals surface area (Å²) >= 11 is 0. The number of carboxylic acids is 1. The Balaban J connectivity index is 4.00. The Labute approximate surface area is 109 Å². The molecule has 3 N–H and O–H groups in total. The van der Waals surface area contributed by atoms with Crippen molar-refractivity contribution in [1.29, 1.82) is 0 Å². The van der Waals surface area contributed by atoms with Gasteiger partial charge in [0.1, 0.15) is 6.04 Å². The zero-order valence-corrected chi connectivity index (χ0v) is 11.8. The Bertz CT molecular complexity index is 267. The molecule has 0 aliphatic heterocycles. The van der Waals surface area contributed by atoms with Gasteiger partial charge in [-0.2, -0.15) is 0 Å². The molecule has 0 spiro atoms. The first kappa shape index (κ1) is 16.9. The summed E-state index contributed by atoms with van der Waals surface area (Å²) in [6.45, 7) is 8.61. The summed E-state index contributed by atoms with van der Waals surface area (Å²) in [5, 5.41) is 14.8. The van der Waals surface area contributed by atoms with E-state index in [9.17, 15) is 9.59 Å². The Morgan fingerprint density at radius 1 is 1.22 bits per heavy atom. The van der Waals surface area contributed by atoms with Crippen LogP contribution in [0.3, 0.4) is 0 Å². The number of carbonyl (C=O) groups excluding carboxylic acids is 1. The molecule has 0 fully saturated rings. The molecule has 18 heavy (non-hydrogen) atoms. The molecule has 0 aromatic rings. The van der Waals surface area contributed by atoms with Crippen molar-refractivity contribution in [1.82, 2.24) is 10.6 Å². The maximum Gasteiger partial charge on any atom is 0.326 e. The third-order valence-electron chi connectivity index (χ3n) is 2.93. The predicted octanol–water partition coefficient (Wildman–Crippen LogP) is 1.38. The van der Waals surface area contributed by atoms with Crippen LogP contribution in [0.2, 0.25) is 0 Å². The lowest BCUT2D eigenvalue weighted by Gasteiger charge is -2.20. The van der Waals surface area contributed by atoms with E-state index >= 15 is 0 Å². The number of carbonyl (C=O) groups is 2. The van der Waals surface area contributed by atoms with E-state index in [4.69, 9.17) is 5.11 Å². The third kappa shape index (κ3) is 7.27. The monoisotopic (exact) mass is 258 g/mol. The lowest BCUT2D eigenvalue weighted by atomic mass is 9.99. The summed E-state index contributed by atoms with van der Waals surface area (Å²) in [6.07, 6.45) is 1.81. The number of hydrogen-bond acceptors (Lipinski definition) is 3. The molecule has 5 heteroatoms. The largest absolute Gasteiger partial charge is 0.480 e. The molecular weight excluding hydrogens is 232 g/mol. The molecule has 0 bridgehead atoms. The van der Waals surface area contributed by atoms with E-state index in [1.54, 1.807) is 0 Å². The molecule has 0 aromatic heterocycles. The summed E-state index contributed by atoms with van der Waals surface area (Å²) in [7, 11) is 0. The number of rotatable bonds is 9. The van der Waals surface area contributed by atoms with Crippen LogP contribution in [-0.4, -0.2) is 35.6 Å². The van der Waals surface area contributed by atoms with Crippen LogP contribution in [0, 0.1) is 5.92 Å². The van der Waals surface area contributed by atoms with Gasteiger partial charge in [-0.15, -0.1) is 0 Å².